The second-order valence-corrected chi connectivity index (χ2v) is 4.32. The SMILES string of the molecule is COC(=O)c1cc(Nc2nc(C)cc(C)n2)ccc1O. The van der Waals surface area contributed by atoms with E-state index in [0.29, 0.717) is 11.6 Å². The number of ether oxygens (including phenoxy) is 1. The summed E-state index contributed by atoms with van der Waals surface area (Å²) in [6.07, 6.45) is 0. The van der Waals surface area contributed by atoms with Crippen LogP contribution < -0.4 is 5.32 Å². The van der Waals surface area contributed by atoms with Gasteiger partial charge in [-0.05, 0) is 38.1 Å². The van der Waals surface area contributed by atoms with Gasteiger partial charge >= 0.3 is 5.97 Å². The summed E-state index contributed by atoms with van der Waals surface area (Å²) < 4.78 is 4.60. The molecule has 0 aliphatic rings. The van der Waals surface area contributed by atoms with E-state index < -0.39 is 5.97 Å². The fourth-order valence-corrected chi connectivity index (χ4v) is 1.80. The van der Waals surface area contributed by atoms with Crippen LogP contribution in [0.1, 0.15) is 21.7 Å². The van der Waals surface area contributed by atoms with Crippen molar-refractivity contribution in [3.63, 3.8) is 0 Å². The Morgan fingerprint density at radius 3 is 2.45 bits per heavy atom. The smallest absolute Gasteiger partial charge is 0.341 e. The summed E-state index contributed by atoms with van der Waals surface area (Å²) in [4.78, 5) is 20.0. The zero-order valence-electron chi connectivity index (χ0n) is 11.5. The molecule has 0 aliphatic carbocycles. The minimum absolute atomic E-state index is 0.0851. The Labute approximate surface area is 116 Å². The Bertz CT molecular complexity index is 636. The first-order chi connectivity index (χ1) is 9.49. The number of benzene rings is 1. The number of aromatic hydroxyl groups is 1. The highest BCUT2D eigenvalue weighted by molar-refractivity contribution is 5.93. The third-order valence-electron chi connectivity index (χ3n) is 2.64. The van der Waals surface area contributed by atoms with E-state index in [1.165, 1.54) is 19.2 Å². The van der Waals surface area contributed by atoms with Gasteiger partial charge in [-0.2, -0.15) is 0 Å². The summed E-state index contributed by atoms with van der Waals surface area (Å²) in [7, 11) is 1.26. The standard InChI is InChI=1S/C14H15N3O3/c1-8-6-9(2)16-14(15-8)17-10-4-5-12(18)11(7-10)13(19)20-3/h4-7,18H,1-3H3,(H,15,16,17). The summed E-state index contributed by atoms with van der Waals surface area (Å²) in [5.41, 5.74) is 2.36. The molecular weight excluding hydrogens is 258 g/mol. The Kier molecular flexibility index (Phi) is 3.84. The molecule has 0 amide bonds. The van der Waals surface area contributed by atoms with E-state index in [9.17, 15) is 9.90 Å². The van der Waals surface area contributed by atoms with Crippen LogP contribution in [0.15, 0.2) is 24.3 Å². The maximum absolute atomic E-state index is 11.5. The number of phenolic OH excluding ortho intramolecular Hbond substituents is 1. The Balaban J connectivity index is 2.32. The summed E-state index contributed by atoms with van der Waals surface area (Å²) in [5, 5.41) is 12.6. The fourth-order valence-electron chi connectivity index (χ4n) is 1.80. The molecule has 2 N–H and O–H groups in total. The largest absolute Gasteiger partial charge is 0.507 e. The molecule has 0 atom stereocenters. The average Bonchev–Trinajstić information content (AvgIpc) is 2.39. The Morgan fingerprint density at radius 1 is 1.20 bits per heavy atom. The molecule has 1 aromatic carbocycles. The summed E-state index contributed by atoms with van der Waals surface area (Å²) >= 11 is 0. The highest BCUT2D eigenvalue weighted by atomic mass is 16.5. The van der Waals surface area contributed by atoms with E-state index in [1.54, 1.807) is 6.07 Å². The van der Waals surface area contributed by atoms with Crippen LogP contribution in [0.25, 0.3) is 0 Å². The highest BCUT2D eigenvalue weighted by Gasteiger charge is 2.12. The molecule has 0 bridgehead atoms. The lowest BCUT2D eigenvalue weighted by molar-refractivity contribution is 0.0597. The lowest BCUT2D eigenvalue weighted by Gasteiger charge is -2.09. The van der Waals surface area contributed by atoms with Gasteiger partial charge in [0, 0.05) is 17.1 Å². The number of nitrogens with zero attached hydrogens (tertiary/aromatic N) is 2. The normalized spacial score (nSPS) is 10.2. The summed E-state index contributed by atoms with van der Waals surface area (Å²) in [6.45, 7) is 3.74. The number of hydrogen-bond donors (Lipinski definition) is 2. The molecule has 1 aromatic heterocycles. The minimum Gasteiger partial charge on any atom is -0.507 e. The van der Waals surface area contributed by atoms with Crippen LogP contribution in [-0.4, -0.2) is 28.2 Å². The topological polar surface area (TPSA) is 84.3 Å². The Hall–Kier alpha value is -2.63. The Morgan fingerprint density at radius 2 is 1.85 bits per heavy atom. The molecule has 0 saturated carbocycles. The summed E-state index contributed by atoms with van der Waals surface area (Å²) in [6, 6.07) is 6.39. The number of phenols is 1. The molecule has 0 aliphatic heterocycles. The highest BCUT2D eigenvalue weighted by Crippen LogP contribution is 2.23. The number of carbonyl (C=O) groups excluding carboxylic acids is 1. The van der Waals surface area contributed by atoms with Crippen LogP contribution in [0.4, 0.5) is 11.6 Å². The fraction of sp³-hybridized carbons (Fsp3) is 0.214. The first kappa shape index (κ1) is 13.8. The van der Waals surface area contributed by atoms with Crippen LogP contribution >= 0.6 is 0 Å². The van der Waals surface area contributed by atoms with Gasteiger partial charge < -0.3 is 15.2 Å². The van der Waals surface area contributed by atoms with E-state index in [2.05, 4.69) is 20.0 Å². The quantitative estimate of drug-likeness (QED) is 0.659. The predicted octanol–water partition coefficient (Wildman–Crippen LogP) is 2.33. The van der Waals surface area contributed by atoms with E-state index in [0.717, 1.165) is 11.4 Å². The van der Waals surface area contributed by atoms with Crippen LogP contribution in [0.2, 0.25) is 0 Å². The third kappa shape index (κ3) is 3.03. The molecule has 104 valence electrons. The van der Waals surface area contributed by atoms with Gasteiger partial charge in [0.05, 0.1) is 7.11 Å². The lowest BCUT2D eigenvalue weighted by atomic mass is 10.2. The minimum atomic E-state index is -0.604. The number of rotatable bonds is 3. The number of hydrogen-bond acceptors (Lipinski definition) is 6. The zero-order chi connectivity index (χ0) is 14.7. The van der Waals surface area contributed by atoms with Crippen LogP contribution in [-0.2, 0) is 4.74 Å². The van der Waals surface area contributed by atoms with Crippen LogP contribution in [0.3, 0.4) is 0 Å². The van der Waals surface area contributed by atoms with Crippen molar-refractivity contribution in [3.8, 4) is 5.75 Å². The zero-order valence-corrected chi connectivity index (χ0v) is 11.5. The van der Waals surface area contributed by atoms with Crippen LogP contribution in [0, 0.1) is 13.8 Å². The molecule has 0 saturated heterocycles. The number of aryl methyl sites for hydroxylation is 2. The van der Waals surface area contributed by atoms with Gasteiger partial charge in [0.1, 0.15) is 11.3 Å². The van der Waals surface area contributed by atoms with Crippen molar-refractivity contribution in [1.29, 1.82) is 0 Å². The van der Waals surface area contributed by atoms with Gasteiger partial charge in [-0.1, -0.05) is 0 Å². The first-order valence-electron chi connectivity index (χ1n) is 6.00. The molecule has 0 fully saturated rings. The number of methoxy groups -OCH3 is 1. The van der Waals surface area contributed by atoms with Gasteiger partial charge in [0.25, 0.3) is 0 Å². The molecule has 0 spiro atoms. The van der Waals surface area contributed by atoms with Crippen molar-refractivity contribution in [2.24, 2.45) is 0 Å². The molecule has 0 unspecified atom stereocenters. The maximum atomic E-state index is 11.5. The van der Waals surface area contributed by atoms with E-state index in [-0.39, 0.29) is 11.3 Å². The third-order valence-corrected chi connectivity index (χ3v) is 2.64. The van der Waals surface area contributed by atoms with E-state index in [4.69, 9.17) is 0 Å². The predicted molar refractivity (Wildman–Crippen MR) is 74.2 cm³/mol. The van der Waals surface area contributed by atoms with E-state index >= 15 is 0 Å². The van der Waals surface area contributed by atoms with Gasteiger partial charge in [0.2, 0.25) is 5.95 Å². The van der Waals surface area contributed by atoms with E-state index in [1.807, 2.05) is 19.9 Å². The average molecular weight is 273 g/mol. The summed E-state index contributed by atoms with van der Waals surface area (Å²) in [5.74, 6) is -0.305. The number of carbonyl (C=O) groups is 1. The lowest BCUT2D eigenvalue weighted by Crippen LogP contribution is -2.04. The first-order valence-corrected chi connectivity index (χ1v) is 6.00. The molecule has 6 heteroatoms. The molecule has 1 heterocycles. The molecule has 2 aromatic rings. The van der Waals surface area contributed by atoms with Crippen molar-refractivity contribution in [1.82, 2.24) is 9.97 Å². The second-order valence-electron chi connectivity index (χ2n) is 4.32. The van der Waals surface area contributed by atoms with Crippen molar-refractivity contribution in [3.05, 3.63) is 41.2 Å². The number of anilines is 2. The van der Waals surface area contributed by atoms with Gasteiger partial charge in [-0.15, -0.1) is 0 Å². The maximum Gasteiger partial charge on any atom is 0.341 e. The number of nitrogens with one attached hydrogen (secondary N) is 1. The van der Waals surface area contributed by atoms with Gasteiger partial charge in [0.15, 0.2) is 0 Å². The van der Waals surface area contributed by atoms with Crippen LogP contribution in [0.5, 0.6) is 5.75 Å². The molecule has 20 heavy (non-hydrogen) atoms. The van der Waals surface area contributed by atoms with Gasteiger partial charge in [-0.25, -0.2) is 14.8 Å². The van der Waals surface area contributed by atoms with Crippen molar-refractivity contribution < 1.29 is 14.6 Å². The van der Waals surface area contributed by atoms with Gasteiger partial charge in [-0.3, -0.25) is 0 Å². The monoisotopic (exact) mass is 273 g/mol. The molecule has 2 rings (SSSR count). The molecule has 6 nitrogen and oxygen atoms in total. The van der Waals surface area contributed by atoms with Crippen molar-refractivity contribution in [2.45, 2.75) is 13.8 Å². The second kappa shape index (κ2) is 5.56. The molecule has 0 radical (unpaired) electrons. The van der Waals surface area contributed by atoms with Crippen molar-refractivity contribution >= 4 is 17.6 Å². The van der Waals surface area contributed by atoms with Crippen molar-refractivity contribution in [2.75, 3.05) is 12.4 Å². The molecular formula is C14H15N3O3. The number of aromatic nitrogens is 2. The number of esters is 1.